The molecular weight excluding hydrogens is 266 g/mol. The van der Waals surface area contributed by atoms with Gasteiger partial charge < -0.3 is 10.1 Å². The lowest BCUT2D eigenvalue weighted by Gasteiger charge is -2.11. The van der Waals surface area contributed by atoms with E-state index in [1.807, 2.05) is 32.0 Å². The van der Waals surface area contributed by atoms with E-state index in [1.54, 1.807) is 24.3 Å². The number of ether oxygens (including phenoxy) is 1. The third-order valence-corrected chi connectivity index (χ3v) is 3.22. The number of amides is 1. The Morgan fingerprint density at radius 2 is 1.71 bits per heavy atom. The van der Waals surface area contributed by atoms with Crippen LogP contribution in [0.5, 0.6) is 0 Å². The molecule has 0 spiro atoms. The molecule has 0 aliphatic carbocycles. The molecule has 4 heteroatoms. The van der Waals surface area contributed by atoms with E-state index in [-0.39, 0.29) is 5.91 Å². The Morgan fingerprint density at radius 3 is 2.38 bits per heavy atom. The van der Waals surface area contributed by atoms with Crippen molar-refractivity contribution in [3.05, 3.63) is 64.7 Å². The highest BCUT2D eigenvalue weighted by Gasteiger charge is 2.15. The molecule has 1 N–H and O–H groups in total. The minimum Gasteiger partial charge on any atom is -0.465 e. The van der Waals surface area contributed by atoms with E-state index in [0.29, 0.717) is 16.8 Å². The maximum absolute atomic E-state index is 12.3. The van der Waals surface area contributed by atoms with E-state index in [9.17, 15) is 9.59 Å². The van der Waals surface area contributed by atoms with Crippen molar-refractivity contribution in [2.24, 2.45) is 0 Å². The van der Waals surface area contributed by atoms with Crippen molar-refractivity contribution in [2.75, 3.05) is 12.4 Å². The van der Waals surface area contributed by atoms with Crippen molar-refractivity contribution >= 4 is 17.6 Å². The minimum absolute atomic E-state index is 0.248. The van der Waals surface area contributed by atoms with Gasteiger partial charge in [-0.3, -0.25) is 4.79 Å². The molecule has 1 amide bonds. The number of rotatable bonds is 3. The molecule has 0 aliphatic heterocycles. The molecular formula is C17H17NO3. The van der Waals surface area contributed by atoms with Crippen molar-refractivity contribution < 1.29 is 14.3 Å². The molecule has 0 saturated carbocycles. The van der Waals surface area contributed by atoms with Gasteiger partial charge in [0.25, 0.3) is 5.91 Å². The summed E-state index contributed by atoms with van der Waals surface area (Å²) < 4.78 is 4.75. The highest BCUT2D eigenvalue weighted by molar-refractivity contribution is 6.08. The Labute approximate surface area is 123 Å². The molecule has 0 unspecified atom stereocenters. The summed E-state index contributed by atoms with van der Waals surface area (Å²) in [5, 5.41) is 2.77. The summed E-state index contributed by atoms with van der Waals surface area (Å²) in [6.07, 6.45) is 0. The molecule has 0 bridgehead atoms. The molecule has 0 atom stereocenters. The van der Waals surface area contributed by atoms with Crippen LogP contribution in [0.4, 0.5) is 5.69 Å². The largest absolute Gasteiger partial charge is 0.465 e. The number of nitrogens with one attached hydrogen (secondary N) is 1. The monoisotopic (exact) mass is 283 g/mol. The topological polar surface area (TPSA) is 55.4 Å². The van der Waals surface area contributed by atoms with Crippen LogP contribution in [0.25, 0.3) is 0 Å². The molecule has 0 radical (unpaired) electrons. The predicted octanol–water partition coefficient (Wildman–Crippen LogP) is 3.34. The molecule has 2 aromatic carbocycles. The van der Waals surface area contributed by atoms with Crippen LogP contribution < -0.4 is 5.32 Å². The van der Waals surface area contributed by atoms with Gasteiger partial charge in [-0.05, 0) is 37.6 Å². The van der Waals surface area contributed by atoms with Crippen LogP contribution in [0.15, 0.2) is 42.5 Å². The fraction of sp³-hybridized carbons (Fsp3) is 0.176. The number of carbonyl (C=O) groups excluding carboxylic acids is 2. The fourth-order valence-electron chi connectivity index (χ4n) is 2.06. The fourth-order valence-corrected chi connectivity index (χ4v) is 2.06. The third-order valence-electron chi connectivity index (χ3n) is 3.22. The number of anilines is 1. The van der Waals surface area contributed by atoms with Crippen LogP contribution in [0.1, 0.15) is 31.8 Å². The lowest BCUT2D eigenvalue weighted by Crippen LogP contribution is -2.16. The van der Waals surface area contributed by atoms with Gasteiger partial charge >= 0.3 is 5.97 Å². The van der Waals surface area contributed by atoms with Gasteiger partial charge in [-0.25, -0.2) is 4.79 Å². The number of hydrogen-bond acceptors (Lipinski definition) is 3. The average Bonchev–Trinajstić information content (AvgIpc) is 2.48. The normalized spacial score (nSPS) is 10.0. The van der Waals surface area contributed by atoms with Crippen molar-refractivity contribution in [3.8, 4) is 0 Å². The van der Waals surface area contributed by atoms with Gasteiger partial charge in [0.2, 0.25) is 0 Å². The van der Waals surface area contributed by atoms with Crippen molar-refractivity contribution in [1.82, 2.24) is 0 Å². The smallest absolute Gasteiger partial charge is 0.339 e. The zero-order chi connectivity index (χ0) is 15.4. The second-order valence-electron chi connectivity index (χ2n) is 4.81. The number of hydrogen-bond donors (Lipinski definition) is 1. The molecule has 0 saturated heterocycles. The second-order valence-corrected chi connectivity index (χ2v) is 4.81. The average molecular weight is 283 g/mol. The zero-order valence-electron chi connectivity index (χ0n) is 12.3. The Morgan fingerprint density at radius 1 is 1.00 bits per heavy atom. The summed E-state index contributed by atoms with van der Waals surface area (Å²) in [6, 6.07) is 12.5. The molecule has 0 heterocycles. The van der Waals surface area contributed by atoms with Crippen LogP contribution in [0, 0.1) is 13.8 Å². The number of carbonyl (C=O) groups is 2. The Bertz CT molecular complexity index is 692. The zero-order valence-corrected chi connectivity index (χ0v) is 12.3. The van der Waals surface area contributed by atoms with Crippen LogP contribution >= 0.6 is 0 Å². The summed E-state index contributed by atoms with van der Waals surface area (Å²) in [5.41, 5.74) is 3.17. The third kappa shape index (κ3) is 3.28. The minimum atomic E-state index is -0.473. The van der Waals surface area contributed by atoms with Crippen LogP contribution in [-0.2, 0) is 4.74 Å². The highest BCUT2D eigenvalue weighted by atomic mass is 16.5. The van der Waals surface area contributed by atoms with Crippen molar-refractivity contribution in [3.63, 3.8) is 0 Å². The van der Waals surface area contributed by atoms with Gasteiger partial charge in [0.05, 0.1) is 18.4 Å². The molecule has 0 aliphatic rings. The first kappa shape index (κ1) is 14.8. The van der Waals surface area contributed by atoms with Crippen molar-refractivity contribution in [2.45, 2.75) is 13.8 Å². The van der Waals surface area contributed by atoms with Gasteiger partial charge in [0.15, 0.2) is 0 Å². The summed E-state index contributed by atoms with van der Waals surface area (Å²) >= 11 is 0. The van der Waals surface area contributed by atoms with E-state index in [1.165, 1.54) is 7.11 Å². The molecule has 0 aromatic heterocycles. The summed E-state index contributed by atoms with van der Waals surface area (Å²) in [4.78, 5) is 24.1. The Hall–Kier alpha value is -2.62. The highest BCUT2D eigenvalue weighted by Crippen LogP contribution is 2.20. The SMILES string of the molecule is COC(=O)c1cc(C)ccc1NC(=O)c1ccccc1C. The number of benzene rings is 2. The molecule has 108 valence electrons. The summed E-state index contributed by atoms with van der Waals surface area (Å²) in [6.45, 7) is 3.74. The van der Waals surface area contributed by atoms with E-state index in [4.69, 9.17) is 4.74 Å². The lowest BCUT2D eigenvalue weighted by atomic mass is 10.1. The first-order valence-electron chi connectivity index (χ1n) is 6.59. The summed E-state index contributed by atoms with van der Waals surface area (Å²) in [7, 11) is 1.32. The second kappa shape index (κ2) is 6.22. The number of aryl methyl sites for hydroxylation is 2. The maximum atomic E-state index is 12.3. The first-order valence-corrected chi connectivity index (χ1v) is 6.59. The standard InChI is InChI=1S/C17H17NO3/c1-11-8-9-15(14(10-11)17(20)21-3)18-16(19)13-7-5-4-6-12(13)2/h4-10H,1-3H3,(H,18,19). The first-order chi connectivity index (χ1) is 10.0. The van der Waals surface area contributed by atoms with Gasteiger partial charge in [-0.2, -0.15) is 0 Å². The van der Waals surface area contributed by atoms with Gasteiger partial charge in [-0.15, -0.1) is 0 Å². The summed E-state index contributed by atoms with van der Waals surface area (Å²) in [5.74, 6) is -0.721. The van der Waals surface area contributed by atoms with Crippen LogP contribution in [0.3, 0.4) is 0 Å². The van der Waals surface area contributed by atoms with E-state index in [2.05, 4.69) is 5.32 Å². The number of esters is 1. The van der Waals surface area contributed by atoms with Crippen molar-refractivity contribution in [1.29, 1.82) is 0 Å². The number of methoxy groups -OCH3 is 1. The van der Waals surface area contributed by atoms with E-state index < -0.39 is 5.97 Å². The van der Waals surface area contributed by atoms with Crippen LogP contribution in [0.2, 0.25) is 0 Å². The van der Waals surface area contributed by atoms with Gasteiger partial charge in [-0.1, -0.05) is 29.8 Å². The van der Waals surface area contributed by atoms with Crippen LogP contribution in [-0.4, -0.2) is 19.0 Å². The molecule has 21 heavy (non-hydrogen) atoms. The molecule has 2 aromatic rings. The molecule has 2 rings (SSSR count). The Balaban J connectivity index is 2.34. The predicted molar refractivity (Wildman–Crippen MR) is 81.7 cm³/mol. The lowest BCUT2D eigenvalue weighted by molar-refractivity contribution is 0.0602. The van der Waals surface area contributed by atoms with Gasteiger partial charge in [0, 0.05) is 5.56 Å². The Kier molecular flexibility index (Phi) is 4.38. The quantitative estimate of drug-likeness (QED) is 0.879. The molecule has 0 fully saturated rings. The van der Waals surface area contributed by atoms with E-state index in [0.717, 1.165) is 11.1 Å². The molecule has 4 nitrogen and oxygen atoms in total. The van der Waals surface area contributed by atoms with E-state index >= 15 is 0 Å². The maximum Gasteiger partial charge on any atom is 0.339 e. The van der Waals surface area contributed by atoms with Gasteiger partial charge in [0.1, 0.15) is 0 Å².